The third kappa shape index (κ3) is 4.06. The maximum Gasteiger partial charge on any atom is 0.234 e. The number of anilines is 1. The number of hydrogen-bond acceptors (Lipinski definition) is 4. The molecule has 0 aliphatic rings. The molecule has 1 heterocycles. The molecule has 0 fully saturated rings. The lowest BCUT2D eigenvalue weighted by atomic mass is 10.3. The zero-order chi connectivity index (χ0) is 14.5. The highest BCUT2D eigenvalue weighted by Crippen LogP contribution is 2.17. The first-order chi connectivity index (χ1) is 9.54. The fourth-order valence-corrected chi connectivity index (χ4v) is 2.22. The lowest BCUT2D eigenvalue weighted by Gasteiger charge is -2.05. The second-order valence-corrected chi connectivity index (χ2v) is 5.08. The van der Waals surface area contributed by atoms with Gasteiger partial charge < -0.3 is 9.84 Å². The van der Waals surface area contributed by atoms with Crippen LogP contribution >= 0.6 is 11.8 Å². The van der Waals surface area contributed by atoms with Gasteiger partial charge in [0, 0.05) is 17.9 Å². The molecular formula is C13H12F2N2O2S. The molecule has 1 aromatic heterocycles. The first kappa shape index (κ1) is 14.5. The summed E-state index contributed by atoms with van der Waals surface area (Å²) in [5, 5.41) is 6.11. The summed E-state index contributed by atoms with van der Waals surface area (Å²) in [5.74, 6) is -0.353. The molecule has 7 heteroatoms. The highest BCUT2D eigenvalue weighted by atomic mass is 32.2. The van der Waals surface area contributed by atoms with E-state index in [-0.39, 0.29) is 11.4 Å². The van der Waals surface area contributed by atoms with Gasteiger partial charge in [-0.05, 0) is 19.1 Å². The number of carbonyl (C=O) groups excluding carboxylic acids is 1. The Labute approximate surface area is 118 Å². The first-order valence-electron chi connectivity index (χ1n) is 5.79. The predicted molar refractivity (Wildman–Crippen MR) is 72.4 cm³/mol. The molecule has 0 spiro atoms. The number of hydrogen-bond donors (Lipinski definition) is 1. The van der Waals surface area contributed by atoms with Gasteiger partial charge in [0.15, 0.2) is 0 Å². The van der Waals surface area contributed by atoms with Crippen molar-refractivity contribution in [2.75, 3.05) is 11.1 Å². The Balaban J connectivity index is 1.82. The number of benzene rings is 1. The largest absolute Gasteiger partial charge is 0.361 e. The SMILES string of the molecule is Cc1cc(CSCC(=O)Nc2cc(F)ccc2F)no1. The van der Waals surface area contributed by atoms with E-state index in [0.717, 1.165) is 23.9 Å². The van der Waals surface area contributed by atoms with Crippen LogP contribution in [0.25, 0.3) is 0 Å². The lowest BCUT2D eigenvalue weighted by Crippen LogP contribution is -2.15. The zero-order valence-corrected chi connectivity index (χ0v) is 11.5. The Kier molecular flexibility index (Phi) is 4.73. The molecule has 0 bridgehead atoms. The minimum atomic E-state index is -0.670. The normalized spacial score (nSPS) is 10.6. The number of amides is 1. The van der Waals surface area contributed by atoms with Gasteiger partial charge >= 0.3 is 0 Å². The second-order valence-electron chi connectivity index (χ2n) is 4.09. The van der Waals surface area contributed by atoms with Crippen molar-refractivity contribution in [2.45, 2.75) is 12.7 Å². The summed E-state index contributed by atoms with van der Waals surface area (Å²) >= 11 is 1.31. The van der Waals surface area contributed by atoms with Gasteiger partial charge in [0.05, 0.1) is 17.1 Å². The van der Waals surface area contributed by atoms with E-state index in [1.165, 1.54) is 11.8 Å². The third-order valence-electron chi connectivity index (χ3n) is 2.36. The molecule has 0 radical (unpaired) electrons. The molecule has 1 aromatic carbocycles. The van der Waals surface area contributed by atoms with E-state index in [4.69, 9.17) is 4.52 Å². The van der Waals surface area contributed by atoms with Gasteiger partial charge in [0.2, 0.25) is 5.91 Å². The van der Waals surface area contributed by atoms with E-state index in [0.29, 0.717) is 11.5 Å². The van der Waals surface area contributed by atoms with E-state index in [2.05, 4.69) is 10.5 Å². The van der Waals surface area contributed by atoms with Crippen LogP contribution in [0.15, 0.2) is 28.8 Å². The van der Waals surface area contributed by atoms with Crippen molar-refractivity contribution in [1.29, 1.82) is 0 Å². The molecule has 0 saturated heterocycles. The molecule has 1 amide bonds. The van der Waals surface area contributed by atoms with Crippen molar-refractivity contribution in [1.82, 2.24) is 5.16 Å². The van der Waals surface area contributed by atoms with Crippen LogP contribution < -0.4 is 5.32 Å². The van der Waals surface area contributed by atoms with Crippen LogP contribution in [0.3, 0.4) is 0 Å². The fraction of sp³-hybridized carbons (Fsp3) is 0.231. The molecule has 4 nitrogen and oxygen atoms in total. The number of aromatic nitrogens is 1. The van der Waals surface area contributed by atoms with Gasteiger partial charge in [-0.3, -0.25) is 4.79 Å². The first-order valence-corrected chi connectivity index (χ1v) is 6.95. The van der Waals surface area contributed by atoms with E-state index in [1.807, 2.05) is 0 Å². The van der Waals surface area contributed by atoms with Crippen molar-refractivity contribution in [3.8, 4) is 0 Å². The summed E-state index contributed by atoms with van der Waals surface area (Å²) in [7, 11) is 0. The highest BCUT2D eigenvalue weighted by molar-refractivity contribution is 7.99. The Morgan fingerprint density at radius 3 is 2.90 bits per heavy atom. The minimum absolute atomic E-state index is 0.113. The smallest absolute Gasteiger partial charge is 0.234 e. The maximum absolute atomic E-state index is 13.3. The van der Waals surface area contributed by atoms with Crippen molar-refractivity contribution in [3.63, 3.8) is 0 Å². The van der Waals surface area contributed by atoms with Crippen LogP contribution in [0.4, 0.5) is 14.5 Å². The molecular weight excluding hydrogens is 286 g/mol. The molecule has 0 aliphatic heterocycles. The highest BCUT2D eigenvalue weighted by Gasteiger charge is 2.09. The van der Waals surface area contributed by atoms with Gasteiger partial charge in [-0.2, -0.15) is 0 Å². The van der Waals surface area contributed by atoms with Crippen molar-refractivity contribution >= 4 is 23.4 Å². The lowest BCUT2D eigenvalue weighted by molar-refractivity contribution is -0.113. The maximum atomic E-state index is 13.3. The number of nitrogens with zero attached hydrogens (tertiary/aromatic N) is 1. The number of rotatable bonds is 5. The van der Waals surface area contributed by atoms with Gasteiger partial charge in [-0.1, -0.05) is 5.16 Å². The average Bonchev–Trinajstić information content (AvgIpc) is 2.80. The van der Waals surface area contributed by atoms with Gasteiger partial charge in [-0.25, -0.2) is 8.78 Å². The molecule has 0 saturated carbocycles. The van der Waals surface area contributed by atoms with E-state index < -0.39 is 17.5 Å². The second kappa shape index (κ2) is 6.51. The zero-order valence-electron chi connectivity index (χ0n) is 10.7. The summed E-state index contributed by atoms with van der Waals surface area (Å²) in [4.78, 5) is 11.6. The van der Waals surface area contributed by atoms with E-state index in [1.54, 1.807) is 13.0 Å². The van der Waals surface area contributed by atoms with Gasteiger partial charge in [0.1, 0.15) is 17.4 Å². The van der Waals surface area contributed by atoms with Gasteiger partial charge in [0.25, 0.3) is 0 Å². The Morgan fingerprint density at radius 1 is 1.40 bits per heavy atom. The molecule has 1 N–H and O–H groups in total. The monoisotopic (exact) mass is 298 g/mol. The molecule has 2 rings (SSSR count). The van der Waals surface area contributed by atoms with Crippen LogP contribution in [-0.4, -0.2) is 16.8 Å². The number of carbonyl (C=O) groups is 1. The minimum Gasteiger partial charge on any atom is -0.361 e. The average molecular weight is 298 g/mol. The summed E-state index contributed by atoms with van der Waals surface area (Å²) in [6.07, 6.45) is 0. The topological polar surface area (TPSA) is 55.1 Å². The van der Waals surface area contributed by atoms with Gasteiger partial charge in [-0.15, -0.1) is 11.8 Å². The Morgan fingerprint density at radius 2 is 2.20 bits per heavy atom. The van der Waals surface area contributed by atoms with Crippen LogP contribution in [0.5, 0.6) is 0 Å². The molecule has 20 heavy (non-hydrogen) atoms. The molecule has 2 aromatic rings. The Bertz CT molecular complexity index is 616. The number of aryl methyl sites for hydroxylation is 1. The summed E-state index contributed by atoms with van der Waals surface area (Å²) in [5.41, 5.74) is 0.574. The molecule has 106 valence electrons. The standard InChI is InChI=1S/C13H12F2N2O2S/c1-8-4-10(17-19-8)6-20-7-13(18)16-12-5-9(14)2-3-11(12)15/h2-5H,6-7H2,1H3,(H,16,18). The quantitative estimate of drug-likeness (QED) is 0.921. The summed E-state index contributed by atoms with van der Waals surface area (Å²) in [6, 6.07) is 4.68. The predicted octanol–water partition coefficient (Wildman–Crippen LogP) is 3.13. The van der Waals surface area contributed by atoms with Crippen LogP contribution in [-0.2, 0) is 10.5 Å². The van der Waals surface area contributed by atoms with Crippen LogP contribution in [0.1, 0.15) is 11.5 Å². The molecule has 0 aliphatic carbocycles. The Hall–Kier alpha value is -1.89. The molecule has 0 unspecified atom stereocenters. The number of nitrogens with one attached hydrogen (secondary N) is 1. The van der Waals surface area contributed by atoms with E-state index in [9.17, 15) is 13.6 Å². The van der Waals surface area contributed by atoms with E-state index >= 15 is 0 Å². The summed E-state index contributed by atoms with van der Waals surface area (Å²) < 4.78 is 31.1. The van der Waals surface area contributed by atoms with Crippen LogP contribution in [0.2, 0.25) is 0 Å². The van der Waals surface area contributed by atoms with Crippen molar-refractivity contribution in [2.24, 2.45) is 0 Å². The van der Waals surface area contributed by atoms with Crippen molar-refractivity contribution in [3.05, 3.63) is 47.4 Å². The number of thioether (sulfide) groups is 1. The molecule has 0 atom stereocenters. The third-order valence-corrected chi connectivity index (χ3v) is 3.33. The fourth-order valence-electron chi connectivity index (χ4n) is 1.51. The van der Waals surface area contributed by atoms with Crippen LogP contribution in [0, 0.1) is 18.6 Å². The van der Waals surface area contributed by atoms with Crippen molar-refractivity contribution < 1.29 is 18.1 Å². The number of halogens is 2. The summed E-state index contributed by atoms with van der Waals surface area (Å²) in [6.45, 7) is 1.78.